The molecule has 2 heterocycles. The molecule has 0 aliphatic rings. The minimum Gasteiger partial charge on any atom is -0.307 e. The SMILES string of the molecule is CNC(c1cnsn1)c1cnnn1-c1ccccc1. The van der Waals surface area contributed by atoms with Gasteiger partial charge in [0, 0.05) is 0 Å². The maximum Gasteiger partial charge on any atom is 0.0974 e. The van der Waals surface area contributed by atoms with Gasteiger partial charge in [-0.1, -0.05) is 23.4 Å². The van der Waals surface area contributed by atoms with Crippen molar-refractivity contribution in [3.05, 3.63) is 54.1 Å². The quantitative estimate of drug-likeness (QED) is 0.778. The lowest BCUT2D eigenvalue weighted by atomic mass is 10.1. The van der Waals surface area contributed by atoms with Crippen molar-refractivity contribution in [2.45, 2.75) is 6.04 Å². The third-order valence-electron chi connectivity index (χ3n) is 2.83. The van der Waals surface area contributed by atoms with Crippen molar-refractivity contribution in [2.24, 2.45) is 0 Å². The topological polar surface area (TPSA) is 68.5 Å². The van der Waals surface area contributed by atoms with Crippen LogP contribution in [0.15, 0.2) is 42.7 Å². The van der Waals surface area contributed by atoms with Gasteiger partial charge in [-0.05, 0) is 19.2 Å². The summed E-state index contributed by atoms with van der Waals surface area (Å²) in [4.78, 5) is 0. The number of hydrogen-bond acceptors (Lipinski definition) is 6. The molecule has 1 unspecified atom stereocenters. The molecule has 0 amide bonds. The molecule has 0 saturated carbocycles. The Bertz CT molecular complexity index is 633. The monoisotopic (exact) mass is 272 g/mol. The van der Waals surface area contributed by atoms with E-state index < -0.39 is 0 Å². The highest BCUT2D eigenvalue weighted by molar-refractivity contribution is 6.99. The molecule has 96 valence electrons. The predicted octanol–water partition coefficient (Wildman–Crippen LogP) is 1.43. The summed E-state index contributed by atoms with van der Waals surface area (Å²) in [6.45, 7) is 0. The lowest BCUT2D eigenvalue weighted by Crippen LogP contribution is -2.21. The summed E-state index contributed by atoms with van der Waals surface area (Å²) in [6.07, 6.45) is 3.50. The van der Waals surface area contributed by atoms with Crippen molar-refractivity contribution in [3.63, 3.8) is 0 Å². The fourth-order valence-corrected chi connectivity index (χ4v) is 2.41. The summed E-state index contributed by atoms with van der Waals surface area (Å²) >= 11 is 1.19. The Balaban J connectivity index is 2.04. The van der Waals surface area contributed by atoms with Gasteiger partial charge in [0.2, 0.25) is 0 Å². The average Bonchev–Trinajstić information content (AvgIpc) is 3.12. The molecular weight excluding hydrogens is 260 g/mol. The van der Waals surface area contributed by atoms with Crippen LogP contribution in [0.5, 0.6) is 0 Å². The molecule has 3 rings (SSSR count). The van der Waals surface area contributed by atoms with Crippen LogP contribution in [0.25, 0.3) is 5.69 Å². The van der Waals surface area contributed by atoms with Crippen LogP contribution in [0, 0.1) is 0 Å². The molecule has 7 heteroatoms. The van der Waals surface area contributed by atoms with E-state index >= 15 is 0 Å². The standard InChI is InChI=1S/C12H12N6S/c1-13-12(10-7-15-19-16-10)11-8-14-17-18(11)9-5-3-2-4-6-9/h2-8,12-13H,1H3. The highest BCUT2D eigenvalue weighted by atomic mass is 32.1. The van der Waals surface area contributed by atoms with Crippen LogP contribution in [0.3, 0.4) is 0 Å². The lowest BCUT2D eigenvalue weighted by Gasteiger charge is -2.14. The average molecular weight is 272 g/mol. The molecule has 0 bridgehead atoms. The fourth-order valence-electron chi connectivity index (χ4n) is 1.96. The van der Waals surface area contributed by atoms with E-state index in [-0.39, 0.29) is 6.04 Å². The molecule has 1 N–H and O–H groups in total. The molecule has 3 aromatic rings. The minimum absolute atomic E-state index is 0.0750. The van der Waals surface area contributed by atoms with Gasteiger partial charge in [0.25, 0.3) is 0 Å². The zero-order valence-electron chi connectivity index (χ0n) is 10.3. The number of hydrogen-bond donors (Lipinski definition) is 1. The second-order valence-electron chi connectivity index (χ2n) is 3.96. The number of aromatic nitrogens is 5. The summed E-state index contributed by atoms with van der Waals surface area (Å²) in [6, 6.07) is 9.82. The second-order valence-corrected chi connectivity index (χ2v) is 4.52. The number of nitrogens with one attached hydrogen (secondary N) is 1. The molecule has 6 nitrogen and oxygen atoms in total. The van der Waals surface area contributed by atoms with Gasteiger partial charge < -0.3 is 5.32 Å². The van der Waals surface area contributed by atoms with Crippen molar-refractivity contribution >= 4 is 11.7 Å². The molecule has 0 aliphatic carbocycles. The van der Waals surface area contributed by atoms with E-state index in [1.807, 2.05) is 37.4 Å². The fraction of sp³-hybridized carbons (Fsp3) is 0.167. The van der Waals surface area contributed by atoms with Crippen LogP contribution in [0.4, 0.5) is 0 Å². The van der Waals surface area contributed by atoms with E-state index in [4.69, 9.17) is 0 Å². The number of benzene rings is 1. The molecule has 0 radical (unpaired) electrons. The highest BCUT2D eigenvalue weighted by Gasteiger charge is 2.20. The molecule has 19 heavy (non-hydrogen) atoms. The van der Waals surface area contributed by atoms with Crippen molar-refractivity contribution in [3.8, 4) is 5.69 Å². The zero-order chi connectivity index (χ0) is 13.1. The van der Waals surface area contributed by atoms with Crippen LogP contribution in [-0.4, -0.2) is 30.8 Å². The van der Waals surface area contributed by atoms with Crippen LogP contribution >= 0.6 is 11.7 Å². The van der Waals surface area contributed by atoms with Gasteiger partial charge in [0.1, 0.15) is 0 Å². The first-order valence-electron chi connectivity index (χ1n) is 5.81. The van der Waals surface area contributed by atoms with Crippen LogP contribution in [-0.2, 0) is 0 Å². The van der Waals surface area contributed by atoms with Gasteiger partial charge in [-0.15, -0.1) is 5.10 Å². The van der Waals surface area contributed by atoms with Crippen LogP contribution in [0.1, 0.15) is 17.4 Å². The van der Waals surface area contributed by atoms with E-state index in [9.17, 15) is 0 Å². The van der Waals surface area contributed by atoms with Gasteiger partial charge in [0.05, 0.1) is 47.2 Å². The Morgan fingerprint density at radius 3 is 2.74 bits per heavy atom. The van der Waals surface area contributed by atoms with Gasteiger partial charge in [-0.3, -0.25) is 0 Å². The van der Waals surface area contributed by atoms with Crippen molar-refractivity contribution in [1.29, 1.82) is 0 Å². The third-order valence-corrected chi connectivity index (χ3v) is 3.33. The Hall–Kier alpha value is -2.12. The van der Waals surface area contributed by atoms with E-state index in [1.165, 1.54) is 11.7 Å². The molecule has 0 spiro atoms. The van der Waals surface area contributed by atoms with Gasteiger partial charge in [0.15, 0.2) is 0 Å². The largest absolute Gasteiger partial charge is 0.307 e. The number of rotatable bonds is 4. The Morgan fingerprint density at radius 2 is 2.05 bits per heavy atom. The zero-order valence-corrected chi connectivity index (χ0v) is 11.1. The molecule has 0 saturated heterocycles. The molecule has 2 aromatic heterocycles. The highest BCUT2D eigenvalue weighted by Crippen LogP contribution is 2.21. The van der Waals surface area contributed by atoms with Crippen molar-refractivity contribution in [1.82, 2.24) is 29.1 Å². The summed E-state index contributed by atoms with van der Waals surface area (Å²) < 4.78 is 10.1. The summed E-state index contributed by atoms with van der Waals surface area (Å²) in [5.74, 6) is 0. The van der Waals surface area contributed by atoms with Gasteiger partial charge >= 0.3 is 0 Å². The van der Waals surface area contributed by atoms with Crippen LogP contribution in [0.2, 0.25) is 0 Å². The van der Waals surface area contributed by atoms with Crippen molar-refractivity contribution < 1.29 is 0 Å². The predicted molar refractivity (Wildman–Crippen MR) is 72.2 cm³/mol. The van der Waals surface area contributed by atoms with E-state index in [0.29, 0.717) is 0 Å². The molecule has 1 atom stereocenters. The first kappa shape index (κ1) is 11.9. The maximum absolute atomic E-state index is 4.28. The van der Waals surface area contributed by atoms with E-state index in [0.717, 1.165) is 17.1 Å². The lowest BCUT2D eigenvalue weighted by molar-refractivity contribution is 0.623. The van der Waals surface area contributed by atoms with Gasteiger partial charge in [-0.25, -0.2) is 4.68 Å². The Labute approximate surface area is 114 Å². The van der Waals surface area contributed by atoms with Gasteiger partial charge in [-0.2, -0.15) is 8.75 Å². The Morgan fingerprint density at radius 1 is 1.21 bits per heavy atom. The third kappa shape index (κ3) is 2.25. The van der Waals surface area contributed by atoms with Crippen LogP contribution < -0.4 is 5.32 Å². The molecular formula is C12H12N6S. The molecule has 0 aliphatic heterocycles. The smallest absolute Gasteiger partial charge is 0.0974 e. The van der Waals surface area contributed by atoms with E-state index in [2.05, 4.69) is 24.4 Å². The minimum atomic E-state index is -0.0750. The first-order chi connectivity index (χ1) is 9.40. The molecule has 1 aromatic carbocycles. The number of nitrogens with zero attached hydrogens (tertiary/aromatic N) is 5. The first-order valence-corrected chi connectivity index (χ1v) is 6.54. The summed E-state index contributed by atoms with van der Waals surface area (Å²) in [5, 5.41) is 11.4. The Kier molecular flexibility index (Phi) is 3.30. The number of para-hydroxylation sites is 1. The second kappa shape index (κ2) is 5.25. The van der Waals surface area contributed by atoms with E-state index in [1.54, 1.807) is 17.1 Å². The normalized spacial score (nSPS) is 12.5. The van der Waals surface area contributed by atoms with Crippen molar-refractivity contribution in [2.75, 3.05) is 7.05 Å². The maximum atomic E-state index is 4.28. The summed E-state index contributed by atoms with van der Waals surface area (Å²) in [7, 11) is 1.88. The molecule has 0 fully saturated rings. The summed E-state index contributed by atoms with van der Waals surface area (Å²) in [5.41, 5.74) is 2.77.